The molecule has 3 heterocycles. The normalized spacial score (nSPS) is 14.4. The van der Waals surface area contributed by atoms with Gasteiger partial charge in [-0.05, 0) is 47.0 Å². The molecule has 2 aromatic heterocycles. The molecule has 0 N–H and O–H groups in total. The van der Waals surface area contributed by atoms with E-state index in [2.05, 4.69) is 56.0 Å². The molecule has 1 aliphatic heterocycles. The second-order valence-electron chi connectivity index (χ2n) is 7.08. The van der Waals surface area contributed by atoms with Gasteiger partial charge in [0.1, 0.15) is 0 Å². The standard InChI is InChI=1S/C21H24BrN5O2/c1-3-25(21(28)18-11-20-23-12-17(22)14-27(20)24-18)13-16-5-4-6-19(15(16)2)26-7-9-29-10-8-26/h4-6,11-12,14H,3,7-10,13H2,1-2H3. The minimum atomic E-state index is -0.0923. The van der Waals surface area contributed by atoms with E-state index in [0.717, 1.165) is 36.3 Å². The molecule has 7 nitrogen and oxygen atoms in total. The van der Waals surface area contributed by atoms with Crippen molar-refractivity contribution < 1.29 is 9.53 Å². The van der Waals surface area contributed by atoms with E-state index in [1.807, 2.05) is 11.8 Å². The van der Waals surface area contributed by atoms with E-state index in [4.69, 9.17) is 4.74 Å². The van der Waals surface area contributed by atoms with E-state index in [-0.39, 0.29) is 5.91 Å². The maximum atomic E-state index is 13.1. The molecule has 152 valence electrons. The smallest absolute Gasteiger partial charge is 0.274 e. The van der Waals surface area contributed by atoms with Gasteiger partial charge < -0.3 is 14.5 Å². The van der Waals surface area contributed by atoms with Crippen LogP contribution in [0.4, 0.5) is 5.69 Å². The largest absolute Gasteiger partial charge is 0.378 e. The Balaban J connectivity index is 1.57. The Morgan fingerprint density at radius 3 is 2.86 bits per heavy atom. The molecular weight excluding hydrogens is 434 g/mol. The van der Waals surface area contributed by atoms with Gasteiger partial charge in [0, 0.05) is 50.3 Å². The van der Waals surface area contributed by atoms with E-state index >= 15 is 0 Å². The van der Waals surface area contributed by atoms with Gasteiger partial charge in [-0.15, -0.1) is 0 Å². The van der Waals surface area contributed by atoms with Crippen LogP contribution in [0.15, 0.2) is 41.1 Å². The number of rotatable bonds is 5. The lowest BCUT2D eigenvalue weighted by molar-refractivity contribution is 0.0746. The van der Waals surface area contributed by atoms with Crippen LogP contribution in [0.1, 0.15) is 28.5 Å². The molecule has 1 fully saturated rings. The summed E-state index contributed by atoms with van der Waals surface area (Å²) in [6.07, 6.45) is 3.49. The van der Waals surface area contributed by atoms with Crippen molar-refractivity contribution in [1.29, 1.82) is 0 Å². The van der Waals surface area contributed by atoms with Gasteiger partial charge in [-0.1, -0.05) is 12.1 Å². The summed E-state index contributed by atoms with van der Waals surface area (Å²) in [5.41, 5.74) is 4.63. The third-order valence-corrected chi connectivity index (χ3v) is 5.71. The minimum Gasteiger partial charge on any atom is -0.378 e. The lowest BCUT2D eigenvalue weighted by atomic mass is 10.0. The Bertz CT molecular complexity index is 1030. The number of hydrogen-bond donors (Lipinski definition) is 0. The first-order valence-electron chi connectivity index (χ1n) is 9.78. The van der Waals surface area contributed by atoms with Gasteiger partial charge in [-0.3, -0.25) is 4.79 Å². The summed E-state index contributed by atoms with van der Waals surface area (Å²) in [4.78, 5) is 21.6. The van der Waals surface area contributed by atoms with Crippen molar-refractivity contribution in [2.24, 2.45) is 0 Å². The zero-order valence-electron chi connectivity index (χ0n) is 16.6. The summed E-state index contributed by atoms with van der Waals surface area (Å²) in [5.74, 6) is -0.0923. The topological polar surface area (TPSA) is 63.0 Å². The summed E-state index contributed by atoms with van der Waals surface area (Å²) in [7, 11) is 0. The number of fused-ring (bicyclic) bond motifs is 1. The maximum Gasteiger partial charge on any atom is 0.274 e. The van der Waals surface area contributed by atoms with Crippen molar-refractivity contribution in [3.8, 4) is 0 Å². The summed E-state index contributed by atoms with van der Waals surface area (Å²) in [5, 5.41) is 4.41. The Morgan fingerprint density at radius 1 is 1.31 bits per heavy atom. The van der Waals surface area contributed by atoms with Gasteiger partial charge in [0.2, 0.25) is 0 Å². The first kappa shape index (κ1) is 19.8. The predicted molar refractivity (Wildman–Crippen MR) is 115 cm³/mol. The van der Waals surface area contributed by atoms with Gasteiger partial charge in [-0.2, -0.15) is 5.10 Å². The Labute approximate surface area is 178 Å². The SMILES string of the molecule is CCN(Cc1cccc(N2CCOCC2)c1C)C(=O)c1cc2ncc(Br)cn2n1. The number of nitrogens with zero attached hydrogens (tertiary/aromatic N) is 5. The quantitative estimate of drug-likeness (QED) is 0.587. The van der Waals surface area contributed by atoms with Crippen LogP contribution in [-0.2, 0) is 11.3 Å². The van der Waals surface area contributed by atoms with Crippen molar-refractivity contribution in [2.75, 3.05) is 37.7 Å². The summed E-state index contributed by atoms with van der Waals surface area (Å²) >= 11 is 3.38. The molecule has 1 amide bonds. The number of aromatic nitrogens is 3. The molecule has 1 aromatic carbocycles. The molecule has 0 aliphatic carbocycles. The van der Waals surface area contributed by atoms with E-state index in [9.17, 15) is 4.79 Å². The second-order valence-corrected chi connectivity index (χ2v) is 8.00. The van der Waals surface area contributed by atoms with Crippen LogP contribution in [0, 0.1) is 6.92 Å². The van der Waals surface area contributed by atoms with Crippen molar-refractivity contribution in [3.05, 3.63) is 58.0 Å². The number of halogens is 1. The van der Waals surface area contributed by atoms with E-state index in [1.165, 1.54) is 11.3 Å². The monoisotopic (exact) mass is 457 g/mol. The van der Waals surface area contributed by atoms with E-state index < -0.39 is 0 Å². The van der Waals surface area contributed by atoms with Crippen LogP contribution in [0.2, 0.25) is 0 Å². The lowest BCUT2D eigenvalue weighted by Gasteiger charge is -2.31. The fourth-order valence-electron chi connectivity index (χ4n) is 3.64. The highest BCUT2D eigenvalue weighted by atomic mass is 79.9. The van der Waals surface area contributed by atoms with Crippen LogP contribution in [0.25, 0.3) is 5.65 Å². The van der Waals surface area contributed by atoms with Crippen LogP contribution in [-0.4, -0.2) is 58.3 Å². The van der Waals surface area contributed by atoms with Crippen molar-refractivity contribution in [2.45, 2.75) is 20.4 Å². The molecule has 0 saturated carbocycles. The zero-order valence-corrected chi connectivity index (χ0v) is 18.2. The molecule has 0 bridgehead atoms. The van der Waals surface area contributed by atoms with Gasteiger partial charge in [0.25, 0.3) is 5.91 Å². The highest BCUT2D eigenvalue weighted by Gasteiger charge is 2.21. The van der Waals surface area contributed by atoms with Crippen LogP contribution in [0.5, 0.6) is 0 Å². The van der Waals surface area contributed by atoms with E-state index in [1.54, 1.807) is 23.0 Å². The number of ether oxygens (including phenoxy) is 1. The van der Waals surface area contributed by atoms with Gasteiger partial charge in [0.15, 0.2) is 11.3 Å². The van der Waals surface area contributed by atoms with Crippen LogP contribution >= 0.6 is 15.9 Å². The Kier molecular flexibility index (Phi) is 5.82. The van der Waals surface area contributed by atoms with E-state index in [0.29, 0.717) is 24.4 Å². The third kappa shape index (κ3) is 4.13. The average Bonchev–Trinajstić information content (AvgIpc) is 3.16. The predicted octanol–water partition coefficient (Wildman–Crippen LogP) is 3.30. The molecule has 0 atom stereocenters. The van der Waals surface area contributed by atoms with Gasteiger partial charge >= 0.3 is 0 Å². The maximum absolute atomic E-state index is 13.1. The minimum absolute atomic E-state index is 0.0923. The Hall–Kier alpha value is -2.45. The number of hydrogen-bond acceptors (Lipinski definition) is 5. The zero-order chi connectivity index (χ0) is 20.4. The molecule has 4 rings (SSSR count). The average molecular weight is 458 g/mol. The van der Waals surface area contributed by atoms with Crippen LogP contribution < -0.4 is 4.90 Å². The van der Waals surface area contributed by atoms with Crippen molar-refractivity contribution in [3.63, 3.8) is 0 Å². The molecule has 3 aromatic rings. The number of benzene rings is 1. The molecular formula is C21H24BrN5O2. The molecule has 29 heavy (non-hydrogen) atoms. The fraction of sp³-hybridized carbons (Fsp3) is 0.381. The summed E-state index contributed by atoms with van der Waals surface area (Å²) < 4.78 is 7.91. The molecule has 1 saturated heterocycles. The Morgan fingerprint density at radius 2 is 2.10 bits per heavy atom. The molecule has 1 aliphatic rings. The molecule has 8 heteroatoms. The number of anilines is 1. The van der Waals surface area contributed by atoms with Crippen molar-refractivity contribution >= 4 is 33.2 Å². The number of carbonyl (C=O) groups excluding carboxylic acids is 1. The summed E-state index contributed by atoms with van der Waals surface area (Å²) in [6, 6.07) is 8.04. The third-order valence-electron chi connectivity index (χ3n) is 5.30. The van der Waals surface area contributed by atoms with Crippen molar-refractivity contribution in [1.82, 2.24) is 19.5 Å². The number of amides is 1. The first-order valence-corrected chi connectivity index (χ1v) is 10.6. The number of carbonyl (C=O) groups is 1. The highest BCUT2D eigenvalue weighted by Crippen LogP contribution is 2.25. The lowest BCUT2D eigenvalue weighted by Crippen LogP contribution is -2.37. The van der Waals surface area contributed by atoms with Gasteiger partial charge in [0.05, 0.1) is 17.7 Å². The molecule has 0 spiro atoms. The number of morpholine rings is 1. The molecule has 0 radical (unpaired) electrons. The second kappa shape index (κ2) is 8.51. The fourth-order valence-corrected chi connectivity index (χ4v) is 3.94. The van der Waals surface area contributed by atoms with Crippen LogP contribution in [0.3, 0.4) is 0 Å². The molecule has 0 unspecified atom stereocenters. The highest BCUT2D eigenvalue weighted by molar-refractivity contribution is 9.10. The summed E-state index contributed by atoms with van der Waals surface area (Å²) in [6.45, 7) is 8.56. The first-order chi connectivity index (χ1) is 14.1. The van der Waals surface area contributed by atoms with Gasteiger partial charge in [-0.25, -0.2) is 9.50 Å².